The standard InChI is InChI=1S/C12H14BrFO3/c13-10-8-9(2-3-11(10)14)15-7-4-12-16-5-1-6-17-12/h2-3,8,12H,1,4-7H2. The molecule has 2 rings (SSSR count). The number of hydrogen-bond donors (Lipinski definition) is 0. The molecule has 5 heteroatoms. The van der Waals surface area contributed by atoms with E-state index in [0.29, 0.717) is 23.2 Å². The fraction of sp³-hybridized carbons (Fsp3) is 0.500. The summed E-state index contributed by atoms with van der Waals surface area (Å²) >= 11 is 3.11. The van der Waals surface area contributed by atoms with Gasteiger partial charge in [0.2, 0.25) is 0 Å². The first-order chi connectivity index (χ1) is 8.25. The molecule has 1 aliphatic heterocycles. The molecular formula is C12H14BrFO3. The molecule has 1 aromatic carbocycles. The average Bonchev–Trinajstić information content (AvgIpc) is 2.35. The van der Waals surface area contributed by atoms with E-state index in [1.807, 2.05) is 0 Å². The monoisotopic (exact) mass is 304 g/mol. The summed E-state index contributed by atoms with van der Waals surface area (Å²) in [6, 6.07) is 4.58. The van der Waals surface area contributed by atoms with Crippen LogP contribution < -0.4 is 4.74 Å². The summed E-state index contributed by atoms with van der Waals surface area (Å²) < 4.78 is 29.6. The predicted molar refractivity (Wildman–Crippen MR) is 64.5 cm³/mol. The Balaban J connectivity index is 1.75. The van der Waals surface area contributed by atoms with Gasteiger partial charge >= 0.3 is 0 Å². The van der Waals surface area contributed by atoms with E-state index in [-0.39, 0.29) is 12.1 Å². The largest absolute Gasteiger partial charge is 0.493 e. The molecule has 1 heterocycles. The second-order valence-corrected chi connectivity index (χ2v) is 4.59. The van der Waals surface area contributed by atoms with Gasteiger partial charge in [-0.25, -0.2) is 4.39 Å². The fourth-order valence-electron chi connectivity index (χ4n) is 1.54. The van der Waals surface area contributed by atoms with E-state index in [2.05, 4.69) is 15.9 Å². The number of ether oxygens (including phenoxy) is 3. The lowest BCUT2D eigenvalue weighted by atomic mass is 10.3. The normalized spacial score (nSPS) is 17.1. The number of benzene rings is 1. The topological polar surface area (TPSA) is 27.7 Å². The highest BCUT2D eigenvalue weighted by Crippen LogP contribution is 2.22. The highest BCUT2D eigenvalue weighted by molar-refractivity contribution is 9.10. The molecule has 0 saturated carbocycles. The van der Waals surface area contributed by atoms with Gasteiger partial charge < -0.3 is 14.2 Å². The Morgan fingerprint density at radius 3 is 2.82 bits per heavy atom. The van der Waals surface area contributed by atoms with Gasteiger partial charge in [0, 0.05) is 6.42 Å². The summed E-state index contributed by atoms with van der Waals surface area (Å²) in [6.45, 7) is 1.97. The summed E-state index contributed by atoms with van der Waals surface area (Å²) in [5.41, 5.74) is 0. The molecule has 1 fully saturated rings. The molecule has 0 aliphatic carbocycles. The van der Waals surface area contributed by atoms with Crippen LogP contribution in [0.2, 0.25) is 0 Å². The van der Waals surface area contributed by atoms with Gasteiger partial charge in [-0.2, -0.15) is 0 Å². The van der Waals surface area contributed by atoms with Crippen LogP contribution in [0.1, 0.15) is 12.8 Å². The minimum atomic E-state index is -0.295. The SMILES string of the molecule is Fc1ccc(OCCC2OCCCO2)cc1Br. The number of rotatable bonds is 4. The van der Waals surface area contributed by atoms with E-state index in [0.717, 1.165) is 19.6 Å². The van der Waals surface area contributed by atoms with Crippen molar-refractivity contribution < 1.29 is 18.6 Å². The van der Waals surface area contributed by atoms with Crippen molar-refractivity contribution in [2.45, 2.75) is 19.1 Å². The van der Waals surface area contributed by atoms with E-state index in [4.69, 9.17) is 14.2 Å². The van der Waals surface area contributed by atoms with Gasteiger partial charge in [0.15, 0.2) is 6.29 Å². The highest BCUT2D eigenvalue weighted by atomic mass is 79.9. The lowest BCUT2D eigenvalue weighted by Gasteiger charge is -2.23. The van der Waals surface area contributed by atoms with Crippen LogP contribution in [0.15, 0.2) is 22.7 Å². The van der Waals surface area contributed by atoms with Crippen LogP contribution in [-0.2, 0) is 9.47 Å². The third kappa shape index (κ3) is 3.94. The van der Waals surface area contributed by atoms with Gasteiger partial charge in [0.1, 0.15) is 11.6 Å². The zero-order valence-electron chi connectivity index (χ0n) is 9.33. The van der Waals surface area contributed by atoms with Gasteiger partial charge in [-0.3, -0.25) is 0 Å². The van der Waals surface area contributed by atoms with Crippen LogP contribution in [0.25, 0.3) is 0 Å². The molecule has 0 radical (unpaired) electrons. The Morgan fingerprint density at radius 2 is 2.12 bits per heavy atom. The summed E-state index contributed by atoms with van der Waals surface area (Å²) in [6.07, 6.45) is 1.45. The Morgan fingerprint density at radius 1 is 1.35 bits per heavy atom. The Kier molecular flexibility index (Phi) is 4.76. The second-order valence-electron chi connectivity index (χ2n) is 3.74. The van der Waals surface area contributed by atoms with Crippen LogP contribution in [0.3, 0.4) is 0 Å². The minimum Gasteiger partial charge on any atom is -0.493 e. The van der Waals surface area contributed by atoms with Crippen molar-refractivity contribution in [2.24, 2.45) is 0 Å². The summed E-state index contributed by atoms with van der Waals surface area (Å²) in [7, 11) is 0. The lowest BCUT2D eigenvalue weighted by Crippen LogP contribution is -2.26. The third-order valence-electron chi connectivity index (χ3n) is 2.41. The van der Waals surface area contributed by atoms with Crippen molar-refractivity contribution in [2.75, 3.05) is 19.8 Å². The number of halogens is 2. The molecule has 0 unspecified atom stereocenters. The molecule has 0 bridgehead atoms. The molecule has 1 aliphatic rings. The van der Waals surface area contributed by atoms with Crippen LogP contribution in [0.4, 0.5) is 4.39 Å². The van der Waals surface area contributed by atoms with Crippen molar-refractivity contribution in [3.63, 3.8) is 0 Å². The molecule has 0 atom stereocenters. The molecular weight excluding hydrogens is 291 g/mol. The van der Waals surface area contributed by atoms with Crippen LogP contribution in [0.5, 0.6) is 5.75 Å². The number of hydrogen-bond acceptors (Lipinski definition) is 3. The second kappa shape index (κ2) is 6.33. The predicted octanol–water partition coefficient (Wildman–Crippen LogP) is 3.12. The molecule has 94 valence electrons. The molecule has 1 saturated heterocycles. The van der Waals surface area contributed by atoms with Crippen molar-refractivity contribution in [3.8, 4) is 5.75 Å². The van der Waals surface area contributed by atoms with Crippen LogP contribution in [0, 0.1) is 5.82 Å². The molecule has 1 aromatic rings. The maximum absolute atomic E-state index is 13.0. The molecule has 0 amide bonds. The molecule has 0 aromatic heterocycles. The van der Waals surface area contributed by atoms with E-state index >= 15 is 0 Å². The van der Waals surface area contributed by atoms with Crippen LogP contribution >= 0.6 is 15.9 Å². The molecule has 0 N–H and O–H groups in total. The third-order valence-corrected chi connectivity index (χ3v) is 3.02. The van der Waals surface area contributed by atoms with Crippen molar-refractivity contribution in [1.29, 1.82) is 0 Å². The summed E-state index contributed by atoms with van der Waals surface area (Å²) in [4.78, 5) is 0. The first kappa shape index (κ1) is 12.8. The van der Waals surface area contributed by atoms with E-state index in [1.54, 1.807) is 12.1 Å². The Bertz CT molecular complexity index is 367. The fourth-order valence-corrected chi connectivity index (χ4v) is 1.90. The summed E-state index contributed by atoms with van der Waals surface area (Å²) in [5, 5.41) is 0. The first-order valence-electron chi connectivity index (χ1n) is 5.57. The minimum absolute atomic E-state index is 0.173. The van der Waals surface area contributed by atoms with E-state index < -0.39 is 0 Å². The zero-order chi connectivity index (χ0) is 12.1. The zero-order valence-corrected chi connectivity index (χ0v) is 10.9. The van der Waals surface area contributed by atoms with E-state index in [9.17, 15) is 4.39 Å². The van der Waals surface area contributed by atoms with Gasteiger partial charge in [-0.1, -0.05) is 0 Å². The van der Waals surface area contributed by atoms with Crippen LogP contribution in [-0.4, -0.2) is 26.1 Å². The highest BCUT2D eigenvalue weighted by Gasteiger charge is 2.13. The summed E-state index contributed by atoms with van der Waals surface area (Å²) in [5.74, 6) is 0.338. The molecule has 0 spiro atoms. The lowest BCUT2D eigenvalue weighted by molar-refractivity contribution is -0.183. The van der Waals surface area contributed by atoms with Crippen molar-refractivity contribution in [1.82, 2.24) is 0 Å². The van der Waals surface area contributed by atoms with Gasteiger partial charge in [0.25, 0.3) is 0 Å². The van der Waals surface area contributed by atoms with Gasteiger partial charge in [-0.05, 0) is 40.5 Å². The molecule has 3 nitrogen and oxygen atoms in total. The average molecular weight is 305 g/mol. The van der Waals surface area contributed by atoms with Crippen molar-refractivity contribution >= 4 is 15.9 Å². The molecule has 17 heavy (non-hydrogen) atoms. The van der Waals surface area contributed by atoms with E-state index in [1.165, 1.54) is 6.07 Å². The van der Waals surface area contributed by atoms with Gasteiger partial charge in [0.05, 0.1) is 24.3 Å². The quantitative estimate of drug-likeness (QED) is 0.855. The Hall–Kier alpha value is -0.650. The van der Waals surface area contributed by atoms with Gasteiger partial charge in [-0.15, -0.1) is 0 Å². The first-order valence-corrected chi connectivity index (χ1v) is 6.36. The smallest absolute Gasteiger partial charge is 0.160 e. The maximum atomic E-state index is 13.0. The Labute approximate surface area is 108 Å². The maximum Gasteiger partial charge on any atom is 0.160 e. The van der Waals surface area contributed by atoms with Crippen molar-refractivity contribution in [3.05, 3.63) is 28.5 Å².